The lowest BCUT2D eigenvalue weighted by Crippen LogP contribution is -2.74. The van der Waals surface area contributed by atoms with Gasteiger partial charge in [-0.25, -0.2) is 9.59 Å². The van der Waals surface area contributed by atoms with Crippen molar-refractivity contribution in [3.05, 3.63) is 29.3 Å². The van der Waals surface area contributed by atoms with Gasteiger partial charge in [0.15, 0.2) is 0 Å². The number of carbonyl (C=O) groups is 3. The highest BCUT2D eigenvalue weighted by molar-refractivity contribution is 5.97. The minimum atomic E-state index is -5.35. The second-order valence-electron chi connectivity index (χ2n) is 6.50. The molecule has 0 fully saturated rings. The number of rotatable bonds is 8. The smallest absolute Gasteiger partial charge is 0.442 e. The lowest BCUT2D eigenvalue weighted by atomic mass is 10.1. The average Bonchev–Trinajstić information content (AvgIpc) is 2.61. The molecule has 0 aromatic heterocycles. The molecule has 1 aromatic carbocycles. The van der Waals surface area contributed by atoms with E-state index < -0.39 is 29.7 Å². The number of unbranched alkanes of at least 4 members (excludes halogenated alkanes) is 1. The average molecular weight is 417 g/mol. The van der Waals surface area contributed by atoms with Crippen molar-refractivity contribution in [1.82, 2.24) is 10.6 Å². The van der Waals surface area contributed by atoms with E-state index in [2.05, 4.69) is 10.1 Å². The third-order valence-electron chi connectivity index (χ3n) is 4.16. The van der Waals surface area contributed by atoms with Gasteiger partial charge in [-0.05, 0) is 50.5 Å². The summed E-state index contributed by atoms with van der Waals surface area (Å²) in [4.78, 5) is 36.5. The highest BCUT2D eigenvalue weighted by atomic mass is 19.4. The number of halogens is 3. The first-order chi connectivity index (χ1) is 13.5. The number of urea groups is 1. The zero-order chi connectivity index (χ0) is 22.2. The maximum Gasteiger partial charge on any atom is 0.442 e. The molecule has 0 aliphatic rings. The Morgan fingerprint density at radius 2 is 1.69 bits per heavy atom. The van der Waals surface area contributed by atoms with Crippen molar-refractivity contribution in [2.45, 2.75) is 58.8 Å². The fourth-order valence-electron chi connectivity index (χ4n) is 2.39. The maximum absolute atomic E-state index is 13.9. The van der Waals surface area contributed by atoms with Gasteiger partial charge in [-0.15, -0.1) is 0 Å². The van der Waals surface area contributed by atoms with E-state index in [1.165, 1.54) is 13.0 Å². The molecule has 3 N–H and O–H groups in total. The summed E-state index contributed by atoms with van der Waals surface area (Å²) in [5, 5.41) is 5.42. The number of esters is 1. The number of benzene rings is 1. The molecule has 0 heterocycles. The quantitative estimate of drug-likeness (QED) is 0.445. The predicted molar refractivity (Wildman–Crippen MR) is 101 cm³/mol. The molecule has 1 aromatic rings. The lowest BCUT2D eigenvalue weighted by molar-refractivity contribution is -0.218. The van der Waals surface area contributed by atoms with E-state index in [-0.39, 0.29) is 18.7 Å². The van der Waals surface area contributed by atoms with Crippen LogP contribution in [0.4, 0.5) is 23.7 Å². The number of hydrogen-bond donors (Lipinski definition) is 3. The first-order valence-electron chi connectivity index (χ1n) is 9.18. The molecule has 0 spiro atoms. The van der Waals surface area contributed by atoms with Crippen LogP contribution in [0.25, 0.3) is 0 Å². The van der Waals surface area contributed by atoms with Crippen molar-refractivity contribution in [3.8, 4) is 0 Å². The van der Waals surface area contributed by atoms with Crippen LogP contribution in [0.15, 0.2) is 18.2 Å². The first kappa shape index (κ1) is 24.3. The Labute approximate surface area is 167 Å². The standard InChI is InChI=1S/C19H26F3N3O4/c1-5-7-8-15(26)24-18(19(20,21)22,16(27)29-6-2)25-17(28)23-14-10-9-12(3)13(4)11-14/h9-11H,5-8H2,1-4H3,(H,24,26)(H2,23,25,28)/t18-/m0/s1. The summed E-state index contributed by atoms with van der Waals surface area (Å²) in [6, 6.07) is 3.42. The van der Waals surface area contributed by atoms with Crippen molar-refractivity contribution in [3.63, 3.8) is 0 Å². The van der Waals surface area contributed by atoms with Gasteiger partial charge in [0, 0.05) is 12.1 Å². The van der Waals surface area contributed by atoms with Crippen LogP contribution in [0.3, 0.4) is 0 Å². The van der Waals surface area contributed by atoms with E-state index in [4.69, 9.17) is 0 Å². The number of aryl methyl sites for hydroxylation is 2. The predicted octanol–water partition coefficient (Wildman–Crippen LogP) is 3.55. The van der Waals surface area contributed by atoms with Crippen LogP contribution >= 0.6 is 0 Å². The van der Waals surface area contributed by atoms with Crippen molar-refractivity contribution in [1.29, 1.82) is 0 Å². The van der Waals surface area contributed by atoms with Gasteiger partial charge in [0.05, 0.1) is 6.61 Å². The Hall–Kier alpha value is -2.78. The normalized spacial score (nSPS) is 13.2. The summed E-state index contributed by atoms with van der Waals surface area (Å²) >= 11 is 0. The SMILES string of the molecule is CCCCC(=O)N[C@](NC(=O)Nc1ccc(C)c(C)c1)(C(=O)OCC)C(F)(F)F. The zero-order valence-corrected chi connectivity index (χ0v) is 16.8. The number of anilines is 1. The first-order valence-corrected chi connectivity index (χ1v) is 9.18. The molecular formula is C19H26F3N3O4. The minimum Gasteiger partial charge on any atom is -0.463 e. The topological polar surface area (TPSA) is 96.5 Å². The number of hydrogen-bond acceptors (Lipinski definition) is 4. The molecule has 0 bridgehead atoms. The van der Waals surface area contributed by atoms with Crippen LogP contribution in [-0.4, -0.2) is 36.4 Å². The fourth-order valence-corrected chi connectivity index (χ4v) is 2.39. The fraction of sp³-hybridized carbons (Fsp3) is 0.526. The van der Waals surface area contributed by atoms with Crippen molar-refractivity contribution >= 4 is 23.6 Å². The van der Waals surface area contributed by atoms with E-state index in [9.17, 15) is 27.6 Å². The second-order valence-corrected chi connectivity index (χ2v) is 6.50. The van der Waals surface area contributed by atoms with Crippen LogP contribution in [0.1, 0.15) is 44.2 Å². The molecule has 1 atom stereocenters. The molecule has 162 valence electrons. The van der Waals surface area contributed by atoms with Gasteiger partial charge in [-0.2, -0.15) is 13.2 Å². The molecule has 7 nitrogen and oxygen atoms in total. The molecule has 0 aliphatic heterocycles. The van der Waals surface area contributed by atoms with Gasteiger partial charge in [0.25, 0.3) is 0 Å². The van der Waals surface area contributed by atoms with E-state index in [0.717, 1.165) is 11.1 Å². The monoisotopic (exact) mass is 417 g/mol. The zero-order valence-electron chi connectivity index (χ0n) is 16.8. The van der Waals surface area contributed by atoms with E-state index in [0.29, 0.717) is 12.8 Å². The van der Waals surface area contributed by atoms with E-state index in [1.807, 2.05) is 6.92 Å². The summed E-state index contributed by atoms with van der Waals surface area (Å²) in [6.45, 7) is 6.30. The van der Waals surface area contributed by atoms with Gasteiger partial charge in [-0.3, -0.25) is 10.1 Å². The Kier molecular flexibility index (Phi) is 8.47. The highest BCUT2D eigenvalue weighted by Gasteiger charge is 2.64. The summed E-state index contributed by atoms with van der Waals surface area (Å²) in [5.41, 5.74) is -1.75. The number of nitrogens with one attached hydrogen (secondary N) is 3. The Morgan fingerprint density at radius 1 is 1.03 bits per heavy atom. The molecule has 0 aliphatic carbocycles. The third kappa shape index (κ3) is 6.37. The van der Waals surface area contributed by atoms with E-state index >= 15 is 0 Å². The number of ether oxygens (including phenoxy) is 1. The highest BCUT2D eigenvalue weighted by Crippen LogP contribution is 2.30. The van der Waals surface area contributed by atoms with Gasteiger partial charge in [0.2, 0.25) is 5.91 Å². The molecule has 0 unspecified atom stereocenters. The second kappa shape index (κ2) is 10.1. The Bertz CT molecular complexity index is 753. The largest absolute Gasteiger partial charge is 0.463 e. The van der Waals surface area contributed by atoms with Crippen LogP contribution in [-0.2, 0) is 14.3 Å². The van der Waals surface area contributed by atoms with Gasteiger partial charge in [0.1, 0.15) is 0 Å². The van der Waals surface area contributed by atoms with Crippen molar-refractivity contribution in [2.75, 3.05) is 11.9 Å². The van der Waals surface area contributed by atoms with Gasteiger partial charge in [-0.1, -0.05) is 19.4 Å². The van der Waals surface area contributed by atoms with Gasteiger partial charge >= 0.3 is 23.8 Å². The van der Waals surface area contributed by atoms with Gasteiger partial charge < -0.3 is 15.4 Å². The summed E-state index contributed by atoms with van der Waals surface area (Å²) in [5.74, 6) is -2.86. The van der Waals surface area contributed by atoms with Crippen LogP contribution < -0.4 is 16.0 Å². The van der Waals surface area contributed by atoms with Crippen LogP contribution in [0.5, 0.6) is 0 Å². The Morgan fingerprint density at radius 3 is 2.21 bits per heavy atom. The summed E-state index contributed by atoms with van der Waals surface area (Å²) < 4.78 is 46.2. The molecule has 1 rings (SSSR count). The molecule has 0 radical (unpaired) electrons. The summed E-state index contributed by atoms with van der Waals surface area (Å²) in [7, 11) is 0. The van der Waals surface area contributed by atoms with Crippen LogP contribution in [0, 0.1) is 13.8 Å². The molecule has 29 heavy (non-hydrogen) atoms. The number of amides is 3. The number of carbonyl (C=O) groups excluding carboxylic acids is 3. The maximum atomic E-state index is 13.9. The number of alkyl halides is 3. The van der Waals surface area contributed by atoms with Crippen molar-refractivity contribution in [2.24, 2.45) is 0 Å². The molecule has 0 saturated carbocycles. The lowest BCUT2D eigenvalue weighted by Gasteiger charge is -2.34. The third-order valence-corrected chi connectivity index (χ3v) is 4.16. The summed E-state index contributed by atoms with van der Waals surface area (Å²) in [6.07, 6.45) is -4.71. The van der Waals surface area contributed by atoms with Crippen molar-refractivity contribution < 1.29 is 32.3 Å². The molecule has 10 heteroatoms. The molecule has 3 amide bonds. The molecular weight excluding hydrogens is 391 g/mol. The van der Waals surface area contributed by atoms with Crippen LogP contribution in [0.2, 0.25) is 0 Å². The molecule has 0 saturated heterocycles. The Balaban J connectivity index is 3.19. The van der Waals surface area contributed by atoms with E-state index in [1.54, 1.807) is 36.6 Å². The minimum absolute atomic E-state index is 0.225.